The van der Waals surface area contributed by atoms with Crippen molar-refractivity contribution in [1.29, 1.82) is 0 Å². The highest BCUT2D eigenvalue weighted by atomic mass is 16.5. The van der Waals surface area contributed by atoms with Crippen LogP contribution in [0.1, 0.15) is 69.4 Å². The second-order valence-corrected chi connectivity index (χ2v) is 8.44. The van der Waals surface area contributed by atoms with E-state index in [9.17, 15) is 19.8 Å². The molecule has 0 heterocycles. The Kier molecular flexibility index (Phi) is 9.73. The summed E-state index contributed by atoms with van der Waals surface area (Å²) in [5.74, 6) is -0.200. The van der Waals surface area contributed by atoms with Crippen molar-refractivity contribution in [2.24, 2.45) is 5.41 Å². The fourth-order valence-corrected chi connectivity index (χ4v) is 4.25. The summed E-state index contributed by atoms with van der Waals surface area (Å²) < 4.78 is 4.71. The van der Waals surface area contributed by atoms with Crippen LogP contribution in [0.2, 0.25) is 0 Å². The standard InChI is InChI=1S/C25H36O5/c1-3-4-5-12-21(26)14-15-25(18-22(27)16-23(25)28)17-20-10-7-6-9-19(20)11-8-13-24(29)30-2/h6-7,9-10,14-15,21-22,26-27H,3-5,8,11-13,16-18H2,1-2H3/b15-14+/t21-,22+,25+/m0/s1. The third kappa shape index (κ3) is 7.06. The molecule has 1 saturated carbocycles. The van der Waals surface area contributed by atoms with Crippen LogP contribution >= 0.6 is 0 Å². The maximum Gasteiger partial charge on any atom is 0.305 e. The van der Waals surface area contributed by atoms with Crippen molar-refractivity contribution in [2.75, 3.05) is 7.11 Å². The van der Waals surface area contributed by atoms with Crippen LogP contribution in [0.25, 0.3) is 0 Å². The lowest BCUT2D eigenvalue weighted by Gasteiger charge is -2.26. The highest BCUT2D eigenvalue weighted by Crippen LogP contribution is 2.40. The number of allylic oxidation sites excluding steroid dienone is 1. The largest absolute Gasteiger partial charge is 0.469 e. The average molecular weight is 417 g/mol. The van der Waals surface area contributed by atoms with E-state index in [0.29, 0.717) is 32.1 Å². The molecule has 0 saturated heterocycles. The molecule has 2 rings (SSSR count). The van der Waals surface area contributed by atoms with Crippen molar-refractivity contribution < 1.29 is 24.5 Å². The normalized spacial score (nSPS) is 22.5. The smallest absolute Gasteiger partial charge is 0.305 e. The van der Waals surface area contributed by atoms with Gasteiger partial charge >= 0.3 is 5.97 Å². The van der Waals surface area contributed by atoms with E-state index in [0.717, 1.165) is 36.8 Å². The molecule has 0 bridgehead atoms. The summed E-state index contributed by atoms with van der Waals surface area (Å²) in [6, 6.07) is 7.95. The van der Waals surface area contributed by atoms with Gasteiger partial charge in [0.15, 0.2) is 0 Å². The summed E-state index contributed by atoms with van der Waals surface area (Å²) >= 11 is 0. The Labute approximate surface area is 180 Å². The number of esters is 1. The minimum atomic E-state index is -0.788. The first-order valence-corrected chi connectivity index (χ1v) is 11.1. The predicted octanol–water partition coefficient (Wildman–Crippen LogP) is 3.93. The third-order valence-electron chi connectivity index (χ3n) is 6.00. The molecule has 0 aromatic heterocycles. The summed E-state index contributed by atoms with van der Waals surface area (Å²) in [6.45, 7) is 2.12. The van der Waals surface area contributed by atoms with E-state index in [1.54, 1.807) is 6.08 Å². The molecule has 1 aliphatic carbocycles. The number of hydrogen-bond acceptors (Lipinski definition) is 5. The Morgan fingerprint density at radius 3 is 2.63 bits per heavy atom. The number of methoxy groups -OCH3 is 1. The van der Waals surface area contributed by atoms with Gasteiger partial charge in [0.2, 0.25) is 0 Å². The van der Waals surface area contributed by atoms with Crippen molar-refractivity contribution in [2.45, 2.75) is 83.3 Å². The number of aliphatic hydroxyl groups is 2. The Bertz CT molecular complexity index is 726. The minimum absolute atomic E-state index is 0.0244. The van der Waals surface area contributed by atoms with Crippen LogP contribution in [0.5, 0.6) is 0 Å². The van der Waals surface area contributed by atoms with Gasteiger partial charge in [-0.05, 0) is 43.2 Å². The molecule has 3 atom stereocenters. The second kappa shape index (κ2) is 12.0. The number of hydrogen-bond donors (Lipinski definition) is 2. The molecule has 0 aliphatic heterocycles. The molecule has 0 unspecified atom stereocenters. The zero-order chi connectivity index (χ0) is 22.0. The number of aliphatic hydroxyl groups excluding tert-OH is 2. The van der Waals surface area contributed by atoms with Gasteiger partial charge in [-0.2, -0.15) is 0 Å². The number of Topliss-reactive ketones (excluding diaryl/α,β-unsaturated/α-hetero) is 1. The Morgan fingerprint density at radius 1 is 1.27 bits per heavy atom. The number of ketones is 1. The van der Waals surface area contributed by atoms with E-state index in [4.69, 9.17) is 4.74 Å². The van der Waals surface area contributed by atoms with E-state index in [2.05, 4.69) is 6.92 Å². The van der Waals surface area contributed by atoms with E-state index in [1.165, 1.54) is 7.11 Å². The lowest BCUT2D eigenvalue weighted by atomic mass is 9.77. The quantitative estimate of drug-likeness (QED) is 0.306. The molecule has 1 aromatic rings. The number of aryl methyl sites for hydroxylation is 1. The Balaban J connectivity index is 2.16. The average Bonchev–Trinajstić information content (AvgIpc) is 3.00. The van der Waals surface area contributed by atoms with E-state index in [1.807, 2.05) is 30.3 Å². The molecule has 1 aromatic carbocycles. The van der Waals surface area contributed by atoms with Crippen LogP contribution in [0.15, 0.2) is 36.4 Å². The highest BCUT2D eigenvalue weighted by Gasteiger charge is 2.44. The van der Waals surface area contributed by atoms with Gasteiger partial charge in [0, 0.05) is 12.8 Å². The van der Waals surface area contributed by atoms with Gasteiger partial charge in [-0.3, -0.25) is 9.59 Å². The summed E-state index contributed by atoms with van der Waals surface area (Å²) in [5.41, 5.74) is 1.37. The molecule has 166 valence electrons. The van der Waals surface area contributed by atoms with Crippen LogP contribution in [-0.2, 0) is 27.2 Å². The van der Waals surface area contributed by atoms with Crippen LogP contribution in [0, 0.1) is 5.41 Å². The van der Waals surface area contributed by atoms with E-state index >= 15 is 0 Å². The van der Waals surface area contributed by atoms with Crippen molar-refractivity contribution in [1.82, 2.24) is 0 Å². The number of unbranched alkanes of at least 4 members (excludes halogenated alkanes) is 2. The first-order valence-electron chi connectivity index (χ1n) is 11.1. The fourth-order valence-electron chi connectivity index (χ4n) is 4.25. The zero-order valence-electron chi connectivity index (χ0n) is 18.3. The lowest BCUT2D eigenvalue weighted by Crippen LogP contribution is -2.27. The highest BCUT2D eigenvalue weighted by molar-refractivity contribution is 5.89. The monoisotopic (exact) mass is 416 g/mol. The lowest BCUT2D eigenvalue weighted by molar-refractivity contribution is -0.140. The molecular formula is C25H36O5. The van der Waals surface area contributed by atoms with Gasteiger partial charge in [-0.1, -0.05) is 62.6 Å². The third-order valence-corrected chi connectivity index (χ3v) is 6.00. The van der Waals surface area contributed by atoms with Crippen LogP contribution in [0.3, 0.4) is 0 Å². The second-order valence-electron chi connectivity index (χ2n) is 8.44. The molecule has 1 fully saturated rings. The molecule has 0 spiro atoms. The summed E-state index contributed by atoms with van der Waals surface area (Å²) in [5, 5.41) is 20.5. The number of ether oxygens (including phenoxy) is 1. The van der Waals surface area contributed by atoms with Crippen molar-refractivity contribution in [3.8, 4) is 0 Å². The van der Waals surface area contributed by atoms with Crippen LogP contribution < -0.4 is 0 Å². The van der Waals surface area contributed by atoms with Gasteiger partial charge in [-0.15, -0.1) is 0 Å². The molecule has 5 heteroatoms. The van der Waals surface area contributed by atoms with Gasteiger partial charge < -0.3 is 14.9 Å². The Morgan fingerprint density at radius 2 is 2.00 bits per heavy atom. The number of carbonyl (C=O) groups is 2. The molecule has 0 radical (unpaired) electrons. The first kappa shape index (κ1) is 24.3. The van der Waals surface area contributed by atoms with Gasteiger partial charge in [-0.25, -0.2) is 0 Å². The zero-order valence-corrected chi connectivity index (χ0v) is 18.3. The van der Waals surface area contributed by atoms with Crippen molar-refractivity contribution in [3.63, 3.8) is 0 Å². The molecule has 30 heavy (non-hydrogen) atoms. The van der Waals surface area contributed by atoms with E-state index in [-0.39, 0.29) is 18.2 Å². The molecule has 0 amide bonds. The fraction of sp³-hybridized carbons (Fsp3) is 0.600. The number of benzene rings is 1. The van der Waals surface area contributed by atoms with E-state index < -0.39 is 17.6 Å². The molecular weight excluding hydrogens is 380 g/mol. The summed E-state index contributed by atoms with van der Waals surface area (Å²) in [6.07, 6.45) is 8.95. The topological polar surface area (TPSA) is 83.8 Å². The molecule has 5 nitrogen and oxygen atoms in total. The predicted molar refractivity (Wildman–Crippen MR) is 117 cm³/mol. The number of carbonyl (C=O) groups excluding carboxylic acids is 2. The van der Waals surface area contributed by atoms with Gasteiger partial charge in [0.25, 0.3) is 0 Å². The minimum Gasteiger partial charge on any atom is -0.469 e. The summed E-state index contributed by atoms with van der Waals surface area (Å²) in [7, 11) is 1.39. The molecule has 2 N–H and O–H groups in total. The van der Waals surface area contributed by atoms with Gasteiger partial charge in [0.05, 0.1) is 24.7 Å². The van der Waals surface area contributed by atoms with Crippen LogP contribution in [-0.4, -0.2) is 41.3 Å². The van der Waals surface area contributed by atoms with Crippen molar-refractivity contribution in [3.05, 3.63) is 47.5 Å². The first-order chi connectivity index (χ1) is 14.4. The summed E-state index contributed by atoms with van der Waals surface area (Å²) in [4.78, 5) is 24.3. The van der Waals surface area contributed by atoms with Crippen molar-refractivity contribution >= 4 is 11.8 Å². The Hall–Kier alpha value is -1.98. The van der Waals surface area contributed by atoms with Crippen LogP contribution in [0.4, 0.5) is 0 Å². The SMILES string of the molecule is CCCCC[C@H](O)/C=C/[C@@]1(Cc2ccccc2CCCC(=O)OC)C[C@H](O)CC1=O. The maximum absolute atomic E-state index is 12.9. The molecule has 1 aliphatic rings. The maximum atomic E-state index is 12.9. The van der Waals surface area contributed by atoms with Gasteiger partial charge in [0.1, 0.15) is 5.78 Å². The number of rotatable bonds is 12.